The van der Waals surface area contributed by atoms with Gasteiger partial charge in [-0.1, -0.05) is 18.2 Å². The fourth-order valence-corrected chi connectivity index (χ4v) is 4.06. The number of para-hydroxylation sites is 1. The number of hydrogen-bond acceptors (Lipinski definition) is 4. The van der Waals surface area contributed by atoms with Gasteiger partial charge in [0.2, 0.25) is 0 Å². The second-order valence-corrected chi connectivity index (χ2v) is 7.26. The summed E-state index contributed by atoms with van der Waals surface area (Å²) in [5, 5.41) is 3.36. The number of benzene rings is 1. The number of hydrogen-bond donors (Lipinski definition) is 2. The number of aromatic amines is 1. The summed E-state index contributed by atoms with van der Waals surface area (Å²) in [6.45, 7) is 3.57. The summed E-state index contributed by atoms with van der Waals surface area (Å²) in [5.74, 6) is 0.667. The molecule has 156 valence electrons. The molecule has 7 nitrogen and oxygen atoms in total. The van der Waals surface area contributed by atoms with Gasteiger partial charge in [-0.2, -0.15) is 0 Å². The first-order valence-electron chi connectivity index (χ1n) is 9.81. The lowest BCUT2D eigenvalue weighted by atomic mass is 10.0. The van der Waals surface area contributed by atoms with Crippen LogP contribution in [0.3, 0.4) is 0 Å². The highest BCUT2D eigenvalue weighted by Crippen LogP contribution is 2.31. The van der Waals surface area contributed by atoms with Gasteiger partial charge in [0.05, 0.1) is 18.7 Å². The van der Waals surface area contributed by atoms with Gasteiger partial charge in [0, 0.05) is 44.5 Å². The fraction of sp³-hybridized carbons (Fsp3) is 0.429. The second-order valence-electron chi connectivity index (χ2n) is 7.26. The normalized spacial score (nSPS) is 19.0. The lowest BCUT2D eigenvalue weighted by Crippen LogP contribution is -2.48. The number of likely N-dealkylation sites (tertiary alicyclic amines) is 1. The zero-order chi connectivity index (χ0) is 19.5. The Kier molecular flexibility index (Phi) is 6.82. The van der Waals surface area contributed by atoms with Gasteiger partial charge >= 0.3 is 0 Å². The summed E-state index contributed by atoms with van der Waals surface area (Å²) >= 11 is 0. The Morgan fingerprint density at radius 2 is 1.86 bits per heavy atom. The van der Waals surface area contributed by atoms with Crippen LogP contribution >= 0.6 is 12.4 Å². The van der Waals surface area contributed by atoms with E-state index in [1.54, 1.807) is 19.4 Å². The maximum atomic E-state index is 13.3. The Balaban J connectivity index is 0.00000240. The van der Waals surface area contributed by atoms with Crippen molar-refractivity contribution >= 4 is 24.2 Å². The summed E-state index contributed by atoms with van der Waals surface area (Å²) in [5.41, 5.74) is 1.98. The van der Waals surface area contributed by atoms with E-state index in [1.807, 2.05) is 34.1 Å². The van der Waals surface area contributed by atoms with Crippen LogP contribution < -0.4 is 10.1 Å². The van der Waals surface area contributed by atoms with Crippen molar-refractivity contribution in [2.75, 3.05) is 39.8 Å². The van der Waals surface area contributed by atoms with Crippen molar-refractivity contribution in [3.8, 4) is 5.75 Å². The van der Waals surface area contributed by atoms with E-state index >= 15 is 0 Å². The monoisotopic (exact) mass is 418 g/mol. The van der Waals surface area contributed by atoms with E-state index in [-0.39, 0.29) is 30.3 Å². The number of methoxy groups -OCH3 is 1. The smallest absolute Gasteiger partial charge is 0.270 e. The van der Waals surface area contributed by atoms with E-state index in [4.69, 9.17) is 4.74 Å². The standard InChI is InChI=1S/C21H26N4O3.ClH/c1-28-19-7-3-2-6-16(19)18-14-22-8-11-25(18)20(26)15-12-17(23-13-15)21(27)24-9-4-5-10-24;/h2-3,6-7,12-13,18,22-23H,4-5,8-11,14H2,1H3;1H. The molecule has 2 N–H and O–H groups in total. The SMILES string of the molecule is COc1ccccc1C1CNCCN1C(=O)c1c[nH]c(C(=O)N2CCCC2)c1.Cl. The maximum absolute atomic E-state index is 13.3. The summed E-state index contributed by atoms with van der Waals surface area (Å²) in [7, 11) is 1.64. The van der Waals surface area contributed by atoms with Crippen molar-refractivity contribution in [2.24, 2.45) is 0 Å². The van der Waals surface area contributed by atoms with Crippen LogP contribution in [0.4, 0.5) is 0 Å². The average molecular weight is 419 g/mol. The zero-order valence-electron chi connectivity index (χ0n) is 16.5. The second kappa shape index (κ2) is 9.33. The predicted molar refractivity (Wildman–Crippen MR) is 113 cm³/mol. The molecule has 0 aliphatic carbocycles. The number of aromatic nitrogens is 1. The van der Waals surface area contributed by atoms with Crippen molar-refractivity contribution < 1.29 is 14.3 Å². The molecule has 3 heterocycles. The molecule has 0 saturated carbocycles. The van der Waals surface area contributed by atoms with E-state index < -0.39 is 0 Å². The maximum Gasteiger partial charge on any atom is 0.270 e. The molecule has 0 spiro atoms. The molecule has 0 radical (unpaired) electrons. The van der Waals surface area contributed by atoms with Crippen molar-refractivity contribution in [1.29, 1.82) is 0 Å². The Labute approximate surface area is 176 Å². The number of nitrogens with zero attached hydrogens (tertiary/aromatic N) is 2. The number of nitrogens with one attached hydrogen (secondary N) is 2. The summed E-state index contributed by atoms with van der Waals surface area (Å²) < 4.78 is 5.50. The Bertz CT molecular complexity index is 863. The zero-order valence-corrected chi connectivity index (χ0v) is 17.3. The molecule has 1 aromatic carbocycles. The third-order valence-electron chi connectivity index (χ3n) is 5.56. The van der Waals surface area contributed by atoms with Crippen LogP contribution in [0.2, 0.25) is 0 Å². The molecule has 2 saturated heterocycles. The first-order valence-corrected chi connectivity index (χ1v) is 9.81. The van der Waals surface area contributed by atoms with Crippen LogP contribution in [0.15, 0.2) is 36.5 Å². The predicted octanol–water partition coefficient (Wildman–Crippen LogP) is 2.47. The molecule has 2 aliphatic heterocycles. The van der Waals surface area contributed by atoms with Gasteiger partial charge in [-0.3, -0.25) is 9.59 Å². The molecule has 0 bridgehead atoms. The van der Waals surface area contributed by atoms with Crippen molar-refractivity contribution in [1.82, 2.24) is 20.1 Å². The molecular formula is C21H27ClN4O3. The summed E-state index contributed by atoms with van der Waals surface area (Å²) in [6, 6.07) is 9.35. The van der Waals surface area contributed by atoms with Crippen LogP contribution in [0, 0.1) is 0 Å². The summed E-state index contributed by atoms with van der Waals surface area (Å²) in [4.78, 5) is 32.5. The highest BCUT2D eigenvalue weighted by molar-refractivity contribution is 5.99. The molecule has 4 rings (SSSR count). The molecule has 1 unspecified atom stereocenters. The molecule has 2 amide bonds. The highest BCUT2D eigenvalue weighted by Gasteiger charge is 2.31. The fourth-order valence-electron chi connectivity index (χ4n) is 4.06. The number of amides is 2. The van der Waals surface area contributed by atoms with E-state index in [1.165, 1.54) is 0 Å². The third kappa shape index (κ3) is 4.26. The lowest BCUT2D eigenvalue weighted by Gasteiger charge is -2.37. The van der Waals surface area contributed by atoms with Gasteiger partial charge in [-0.25, -0.2) is 0 Å². The minimum atomic E-state index is -0.120. The lowest BCUT2D eigenvalue weighted by molar-refractivity contribution is 0.0632. The van der Waals surface area contributed by atoms with Crippen molar-refractivity contribution in [3.63, 3.8) is 0 Å². The minimum Gasteiger partial charge on any atom is -0.496 e. The van der Waals surface area contributed by atoms with Crippen molar-refractivity contribution in [2.45, 2.75) is 18.9 Å². The van der Waals surface area contributed by atoms with Crippen LogP contribution in [0.25, 0.3) is 0 Å². The van der Waals surface area contributed by atoms with Gasteiger partial charge in [0.25, 0.3) is 11.8 Å². The molecule has 29 heavy (non-hydrogen) atoms. The van der Waals surface area contributed by atoms with Gasteiger partial charge in [0.1, 0.15) is 11.4 Å². The molecule has 2 aromatic rings. The summed E-state index contributed by atoms with van der Waals surface area (Å²) in [6.07, 6.45) is 3.73. The Morgan fingerprint density at radius 1 is 1.10 bits per heavy atom. The largest absolute Gasteiger partial charge is 0.496 e. The topological polar surface area (TPSA) is 77.7 Å². The van der Waals surface area contributed by atoms with Gasteiger partial charge in [-0.15, -0.1) is 12.4 Å². The average Bonchev–Trinajstić information content (AvgIpc) is 3.45. The van der Waals surface area contributed by atoms with Gasteiger partial charge in [-0.05, 0) is 25.0 Å². The quantitative estimate of drug-likeness (QED) is 0.799. The van der Waals surface area contributed by atoms with E-state index in [0.29, 0.717) is 24.3 Å². The minimum absolute atomic E-state index is 0. The first kappa shape index (κ1) is 21.2. The van der Waals surface area contributed by atoms with Crippen LogP contribution in [-0.2, 0) is 0 Å². The first-order chi connectivity index (χ1) is 13.7. The highest BCUT2D eigenvalue weighted by atomic mass is 35.5. The number of piperazine rings is 1. The Morgan fingerprint density at radius 3 is 2.62 bits per heavy atom. The third-order valence-corrected chi connectivity index (χ3v) is 5.56. The van der Waals surface area contributed by atoms with Crippen molar-refractivity contribution in [3.05, 3.63) is 53.3 Å². The van der Waals surface area contributed by atoms with E-state index in [9.17, 15) is 9.59 Å². The van der Waals surface area contributed by atoms with Crippen LogP contribution in [0.1, 0.15) is 45.3 Å². The molecule has 2 fully saturated rings. The number of H-pyrrole nitrogens is 1. The van der Waals surface area contributed by atoms with Gasteiger partial charge in [0.15, 0.2) is 0 Å². The number of rotatable bonds is 4. The molecule has 2 aliphatic rings. The molecular weight excluding hydrogens is 392 g/mol. The van der Waals surface area contributed by atoms with Crippen LogP contribution in [0.5, 0.6) is 5.75 Å². The number of ether oxygens (including phenoxy) is 1. The van der Waals surface area contributed by atoms with E-state index in [2.05, 4.69) is 10.3 Å². The van der Waals surface area contributed by atoms with E-state index in [0.717, 1.165) is 43.8 Å². The Hall–Kier alpha value is -2.51. The molecule has 8 heteroatoms. The molecule has 1 atom stereocenters. The number of carbonyl (C=O) groups excluding carboxylic acids is 2. The molecule has 1 aromatic heterocycles. The number of carbonyl (C=O) groups is 2. The van der Waals surface area contributed by atoms with Gasteiger partial charge < -0.3 is 24.8 Å². The number of halogens is 1. The van der Waals surface area contributed by atoms with Crippen LogP contribution in [-0.4, -0.2) is 66.4 Å².